The van der Waals surface area contributed by atoms with Crippen LogP contribution in [0.2, 0.25) is 0 Å². The van der Waals surface area contributed by atoms with Crippen LogP contribution in [0.25, 0.3) is 0 Å². The lowest BCUT2D eigenvalue weighted by molar-refractivity contribution is -0.149. The lowest BCUT2D eigenvalue weighted by Crippen LogP contribution is -2.45. The number of likely N-dealkylation sites (tertiary alicyclic amines) is 1. The molecule has 1 aliphatic heterocycles. The Morgan fingerprint density at radius 2 is 1.71 bits per heavy atom. The molecule has 2 amide bonds. The lowest BCUT2D eigenvalue weighted by atomic mass is 9.84. The summed E-state index contributed by atoms with van der Waals surface area (Å²) in [6, 6.07) is 4.52. The fourth-order valence-corrected chi connectivity index (χ4v) is 7.38. The number of thiazole rings is 1. The summed E-state index contributed by atoms with van der Waals surface area (Å²) in [4.78, 5) is 64.3. The van der Waals surface area contributed by atoms with Crippen LogP contribution < -0.4 is 16.8 Å². The maximum atomic E-state index is 13.1. The third-order valence-electron chi connectivity index (χ3n) is 10.1. The molecule has 0 bridgehead atoms. The third-order valence-corrected chi connectivity index (χ3v) is 11.0. The van der Waals surface area contributed by atoms with Gasteiger partial charge in [0.2, 0.25) is 12.3 Å². The molecule has 3 unspecified atom stereocenters. The molecule has 15 heteroatoms. The molecular weight excluding hydrogens is 776 g/mol. The molecule has 1 saturated heterocycles. The molecule has 59 heavy (non-hydrogen) atoms. The summed E-state index contributed by atoms with van der Waals surface area (Å²) < 4.78 is 18.7. The van der Waals surface area contributed by atoms with Gasteiger partial charge in [-0.1, -0.05) is 65.9 Å². The van der Waals surface area contributed by atoms with E-state index in [1.807, 2.05) is 4.90 Å². The number of hydrogen-bond donors (Lipinski definition) is 4. The number of primary amides is 1. The Labute approximate surface area is 357 Å². The van der Waals surface area contributed by atoms with Crippen LogP contribution >= 0.6 is 11.3 Å². The molecule has 1 aromatic heterocycles. The van der Waals surface area contributed by atoms with Crippen molar-refractivity contribution < 1.29 is 38.2 Å². The summed E-state index contributed by atoms with van der Waals surface area (Å²) in [7, 11) is 3.98. The Morgan fingerprint density at radius 3 is 2.17 bits per heavy atom. The van der Waals surface area contributed by atoms with Crippen molar-refractivity contribution in [3.8, 4) is 0 Å². The van der Waals surface area contributed by atoms with E-state index >= 15 is 0 Å². The molecule has 0 spiro atoms. The van der Waals surface area contributed by atoms with Crippen molar-refractivity contribution in [3.05, 3.63) is 45.7 Å². The highest BCUT2D eigenvalue weighted by molar-refractivity contribution is 7.09. The number of benzene rings is 1. The fourth-order valence-electron chi connectivity index (χ4n) is 6.57. The van der Waals surface area contributed by atoms with Crippen LogP contribution in [0.15, 0.2) is 23.6 Å². The van der Waals surface area contributed by atoms with Gasteiger partial charge in [0, 0.05) is 43.8 Å². The molecule has 1 fully saturated rings. The van der Waals surface area contributed by atoms with Crippen LogP contribution in [0.3, 0.4) is 0 Å². The second kappa shape index (κ2) is 31.0. The molecule has 1 aromatic carbocycles. The number of anilines is 1. The Balaban J connectivity index is 0.000000974. The predicted octanol–water partition coefficient (Wildman–Crippen LogP) is 7.82. The number of amides is 2. The van der Waals surface area contributed by atoms with E-state index in [9.17, 15) is 23.6 Å². The van der Waals surface area contributed by atoms with Crippen LogP contribution in [0.1, 0.15) is 153 Å². The summed E-state index contributed by atoms with van der Waals surface area (Å²) in [6.45, 7) is 16.6. The van der Waals surface area contributed by atoms with Crippen molar-refractivity contribution in [2.45, 2.75) is 150 Å². The first-order valence-corrected chi connectivity index (χ1v) is 21.9. The van der Waals surface area contributed by atoms with E-state index in [-0.39, 0.29) is 36.0 Å². The summed E-state index contributed by atoms with van der Waals surface area (Å²) in [5.41, 5.74) is 10.2. The second-order valence-corrected chi connectivity index (χ2v) is 17.0. The van der Waals surface area contributed by atoms with Crippen LogP contribution in [0, 0.1) is 17.2 Å². The molecule has 3 atom stereocenters. The number of nitrogens with zero attached hydrogens (tertiary/aromatic N) is 3. The van der Waals surface area contributed by atoms with E-state index in [0.717, 1.165) is 50.6 Å². The first kappa shape index (κ1) is 55.0. The standard InChI is InChI=1S/C23H38N2O4S.C14H21FN2O2.C6H13N.CH3NO/c1-6-8-10-11-13-25(22(28)12-9-7-2)20(17(3)4)14-21(29-18(5)27)23-24-19(15-26)16-30-23;1-14(2,13(18)19)8-10(17-3)6-9-4-5-11(15)12(16)7-9;1-7-5-3-2-4-6-7;2-1-3/h15-17,20-21H,6-14H2,1-5H3;4-5,7,10,17H,6,8,16H2,1-3H3,(H,18,19);2-6H2,1H3;1H,(H2,2,3). The topological polar surface area (TPSA) is 198 Å². The van der Waals surface area contributed by atoms with Gasteiger partial charge in [-0.3, -0.25) is 24.0 Å². The van der Waals surface area contributed by atoms with Gasteiger partial charge < -0.3 is 36.4 Å². The van der Waals surface area contributed by atoms with Crippen molar-refractivity contribution in [3.63, 3.8) is 0 Å². The molecule has 0 aliphatic carbocycles. The number of nitrogen functional groups attached to an aromatic ring is 1. The SMILES string of the molecule is CCCCCCN(C(=O)CCCC)C(CC(OC(C)=O)c1nc(C=O)cs1)C(C)C.CN1CCCCC1.CNC(Cc1ccc(F)c(N)c1)CC(C)(C)C(=O)O.NC=O. The minimum absolute atomic E-state index is 0.00374. The van der Waals surface area contributed by atoms with Gasteiger partial charge in [0.1, 0.15) is 16.5 Å². The number of carboxylic acid groups (broad SMARTS) is 1. The number of carbonyl (C=O) groups excluding carboxylic acids is 4. The monoisotopic (exact) mass is 851 g/mol. The fraction of sp³-hybridized carbons (Fsp3) is 0.682. The van der Waals surface area contributed by atoms with Crippen molar-refractivity contribution in [2.24, 2.45) is 17.1 Å². The van der Waals surface area contributed by atoms with Gasteiger partial charge in [-0.05, 0) is 103 Å². The number of piperidine rings is 1. The maximum absolute atomic E-state index is 13.1. The average Bonchev–Trinajstić information content (AvgIpc) is 3.67. The molecule has 0 saturated carbocycles. The zero-order valence-corrected chi connectivity index (χ0v) is 38.1. The van der Waals surface area contributed by atoms with E-state index in [1.54, 1.807) is 38.4 Å². The quantitative estimate of drug-likeness (QED) is 0.0414. The number of aldehydes is 1. The summed E-state index contributed by atoms with van der Waals surface area (Å²) in [5.74, 6) is -1.29. The predicted molar refractivity (Wildman–Crippen MR) is 236 cm³/mol. The average molecular weight is 851 g/mol. The molecule has 336 valence electrons. The molecular formula is C44H75FN6O7S. The number of rotatable bonds is 21. The minimum atomic E-state index is -0.827. The number of carbonyl (C=O) groups is 5. The molecule has 6 N–H and O–H groups in total. The molecule has 2 aromatic rings. The van der Waals surface area contributed by atoms with Crippen molar-refractivity contribution in [1.29, 1.82) is 0 Å². The normalized spacial score (nSPS) is 14.2. The number of esters is 1. The van der Waals surface area contributed by atoms with Crippen molar-refractivity contribution in [2.75, 3.05) is 39.5 Å². The Hall–Kier alpha value is -3.95. The van der Waals surface area contributed by atoms with Gasteiger partial charge in [0.25, 0.3) is 0 Å². The number of halogens is 1. The molecule has 2 heterocycles. The van der Waals surface area contributed by atoms with Crippen molar-refractivity contribution >= 4 is 47.6 Å². The minimum Gasteiger partial charge on any atom is -0.481 e. The number of ether oxygens (including phenoxy) is 1. The Morgan fingerprint density at radius 1 is 1.08 bits per heavy atom. The number of aliphatic carboxylic acids is 1. The number of hydrogen-bond acceptors (Lipinski definition) is 11. The van der Waals surface area contributed by atoms with Crippen molar-refractivity contribution in [1.82, 2.24) is 20.1 Å². The number of likely N-dealkylation sites (N-methyl/N-ethyl adjacent to an activating group) is 1. The smallest absolute Gasteiger partial charge is 0.309 e. The van der Waals surface area contributed by atoms with Gasteiger partial charge in [0.15, 0.2) is 12.4 Å². The Bertz CT molecular complexity index is 1500. The van der Waals surface area contributed by atoms with Crippen LogP contribution in [-0.4, -0.2) is 96.2 Å². The van der Waals surface area contributed by atoms with Crippen LogP contribution in [0.4, 0.5) is 10.1 Å². The van der Waals surface area contributed by atoms with E-state index in [0.29, 0.717) is 42.7 Å². The summed E-state index contributed by atoms with van der Waals surface area (Å²) in [6.07, 6.45) is 13.0. The van der Waals surface area contributed by atoms with Gasteiger partial charge in [-0.25, -0.2) is 9.37 Å². The first-order chi connectivity index (χ1) is 27.9. The summed E-state index contributed by atoms with van der Waals surface area (Å²) >= 11 is 1.31. The third kappa shape index (κ3) is 23.4. The number of unbranched alkanes of at least 4 members (excludes halogenated alkanes) is 4. The number of nitrogens with two attached hydrogens (primary N) is 2. The maximum Gasteiger partial charge on any atom is 0.309 e. The van der Waals surface area contributed by atoms with E-state index < -0.39 is 29.3 Å². The Kier molecular flexibility index (Phi) is 28.9. The van der Waals surface area contributed by atoms with Gasteiger partial charge in [-0.2, -0.15) is 0 Å². The largest absolute Gasteiger partial charge is 0.481 e. The highest BCUT2D eigenvalue weighted by Crippen LogP contribution is 2.31. The first-order valence-electron chi connectivity index (χ1n) is 21.1. The molecule has 3 rings (SSSR count). The summed E-state index contributed by atoms with van der Waals surface area (Å²) in [5, 5.41) is 14.5. The van der Waals surface area contributed by atoms with Gasteiger partial charge >= 0.3 is 11.9 Å². The molecule has 0 radical (unpaired) electrons. The van der Waals surface area contributed by atoms with Gasteiger partial charge in [0.05, 0.1) is 11.1 Å². The molecule has 13 nitrogen and oxygen atoms in total. The molecule has 1 aliphatic rings. The zero-order chi connectivity index (χ0) is 45.0. The number of aromatic nitrogens is 1. The van der Waals surface area contributed by atoms with Gasteiger partial charge in [-0.15, -0.1) is 11.3 Å². The van der Waals surface area contributed by atoms with E-state index in [4.69, 9.17) is 20.4 Å². The number of carboxylic acids is 1. The van der Waals surface area contributed by atoms with E-state index in [2.05, 4.69) is 55.7 Å². The van der Waals surface area contributed by atoms with Crippen LogP contribution in [-0.2, 0) is 30.3 Å². The number of nitrogens with one attached hydrogen (secondary N) is 1. The lowest BCUT2D eigenvalue weighted by Gasteiger charge is -2.36. The van der Waals surface area contributed by atoms with E-state index in [1.165, 1.54) is 56.7 Å². The van der Waals surface area contributed by atoms with Crippen LogP contribution in [0.5, 0.6) is 0 Å². The highest BCUT2D eigenvalue weighted by atomic mass is 32.1. The second-order valence-electron chi connectivity index (χ2n) is 16.1. The zero-order valence-electron chi connectivity index (χ0n) is 37.3. The highest BCUT2D eigenvalue weighted by Gasteiger charge is 2.32.